The van der Waals surface area contributed by atoms with Gasteiger partial charge in [0.15, 0.2) is 5.96 Å². The van der Waals surface area contributed by atoms with Gasteiger partial charge in [0, 0.05) is 18.3 Å². The standard InChI is InChI=1S/C18H21F3N4O2/c1-3-22-18(25-11-15-14(19)5-4-8-23-15)24-10-12-9-13(26-2)6-7-16(12)27-17(20)21/h4-9,17H,3,10-11H2,1-2H3,(H2,22,24,25). The average Bonchev–Trinajstić information content (AvgIpc) is 2.65. The number of ether oxygens (including phenoxy) is 2. The zero-order chi connectivity index (χ0) is 19.6. The monoisotopic (exact) mass is 382 g/mol. The highest BCUT2D eigenvalue weighted by atomic mass is 19.3. The summed E-state index contributed by atoms with van der Waals surface area (Å²) in [6.45, 7) is -0.333. The van der Waals surface area contributed by atoms with E-state index in [2.05, 4.69) is 25.3 Å². The molecule has 1 aromatic heterocycles. The van der Waals surface area contributed by atoms with Crippen LogP contribution in [0.15, 0.2) is 41.5 Å². The van der Waals surface area contributed by atoms with Gasteiger partial charge in [0.05, 0.1) is 25.9 Å². The number of methoxy groups -OCH3 is 1. The molecule has 2 rings (SSSR count). The summed E-state index contributed by atoms with van der Waals surface area (Å²) in [4.78, 5) is 8.29. The van der Waals surface area contributed by atoms with Crippen LogP contribution in [0.3, 0.4) is 0 Å². The number of halogens is 3. The Bertz CT molecular complexity index is 772. The molecule has 0 amide bonds. The van der Waals surface area contributed by atoms with Crippen molar-refractivity contribution < 1.29 is 22.6 Å². The molecule has 0 aliphatic carbocycles. The first-order valence-corrected chi connectivity index (χ1v) is 8.26. The molecule has 0 saturated heterocycles. The van der Waals surface area contributed by atoms with Crippen molar-refractivity contribution >= 4 is 5.96 Å². The number of nitrogens with one attached hydrogen (secondary N) is 2. The van der Waals surface area contributed by atoms with Crippen LogP contribution in [-0.2, 0) is 13.1 Å². The summed E-state index contributed by atoms with van der Waals surface area (Å²) in [5.41, 5.74) is 0.669. The third kappa shape index (κ3) is 6.36. The molecule has 0 bridgehead atoms. The first kappa shape index (κ1) is 20.3. The summed E-state index contributed by atoms with van der Waals surface area (Å²) in [6.07, 6.45) is 1.49. The lowest BCUT2D eigenvalue weighted by atomic mass is 10.2. The van der Waals surface area contributed by atoms with Gasteiger partial charge in [-0.15, -0.1) is 0 Å². The highest BCUT2D eigenvalue weighted by molar-refractivity contribution is 5.79. The molecule has 2 N–H and O–H groups in total. The maximum absolute atomic E-state index is 13.7. The van der Waals surface area contributed by atoms with Gasteiger partial charge in [-0.25, -0.2) is 9.38 Å². The molecular weight excluding hydrogens is 361 g/mol. The molecule has 0 saturated carbocycles. The molecule has 0 spiro atoms. The number of alkyl halides is 2. The Morgan fingerprint density at radius 1 is 1.26 bits per heavy atom. The van der Waals surface area contributed by atoms with Gasteiger partial charge < -0.3 is 20.1 Å². The number of nitrogens with zero attached hydrogens (tertiary/aromatic N) is 2. The van der Waals surface area contributed by atoms with Crippen LogP contribution in [0.4, 0.5) is 13.2 Å². The number of rotatable bonds is 8. The average molecular weight is 382 g/mol. The largest absolute Gasteiger partial charge is 0.497 e. The maximum Gasteiger partial charge on any atom is 0.387 e. The van der Waals surface area contributed by atoms with E-state index in [0.717, 1.165) is 0 Å². The Morgan fingerprint density at radius 2 is 2.07 bits per heavy atom. The van der Waals surface area contributed by atoms with Crippen molar-refractivity contribution in [1.29, 1.82) is 0 Å². The fourth-order valence-corrected chi connectivity index (χ4v) is 2.24. The lowest BCUT2D eigenvalue weighted by Gasteiger charge is -2.13. The predicted octanol–water partition coefficient (Wildman–Crippen LogP) is 3.09. The molecule has 0 aliphatic rings. The zero-order valence-corrected chi connectivity index (χ0v) is 15.0. The Hall–Kier alpha value is -2.97. The molecule has 0 radical (unpaired) electrons. The first-order chi connectivity index (χ1) is 13.0. The zero-order valence-electron chi connectivity index (χ0n) is 15.0. The molecule has 27 heavy (non-hydrogen) atoms. The Morgan fingerprint density at radius 3 is 2.74 bits per heavy atom. The molecule has 0 unspecified atom stereocenters. The number of hydrogen-bond donors (Lipinski definition) is 2. The maximum atomic E-state index is 13.7. The number of aromatic nitrogens is 1. The second kappa shape index (κ2) is 10.2. The fraction of sp³-hybridized carbons (Fsp3) is 0.333. The van der Waals surface area contributed by atoms with Gasteiger partial charge in [0.25, 0.3) is 0 Å². The summed E-state index contributed by atoms with van der Waals surface area (Å²) in [6, 6.07) is 7.32. The first-order valence-electron chi connectivity index (χ1n) is 8.26. The van der Waals surface area contributed by atoms with E-state index in [4.69, 9.17) is 4.74 Å². The van der Waals surface area contributed by atoms with Crippen molar-refractivity contribution in [3.05, 3.63) is 53.6 Å². The van der Waals surface area contributed by atoms with Gasteiger partial charge in [-0.05, 0) is 37.3 Å². The van der Waals surface area contributed by atoms with Gasteiger partial charge >= 0.3 is 6.61 Å². The van der Waals surface area contributed by atoms with E-state index in [1.165, 1.54) is 37.6 Å². The van der Waals surface area contributed by atoms with Crippen LogP contribution < -0.4 is 20.1 Å². The molecule has 0 atom stereocenters. The summed E-state index contributed by atoms with van der Waals surface area (Å²) in [5.74, 6) is 0.464. The van der Waals surface area contributed by atoms with E-state index in [0.29, 0.717) is 23.8 Å². The Kier molecular flexibility index (Phi) is 7.72. The van der Waals surface area contributed by atoms with E-state index in [1.807, 2.05) is 6.92 Å². The fourth-order valence-electron chi connectivity index (χ4n) is 2.24. The second-order valence-electron chi connectivity index (χ2n) is 5.33. The third-order valence-electron chi connectivity index (χ3n) is 3.49. The lowest BCUT2D eigenvalue weighted by Crippen LogP contribution is -2.37. The molecule has 1 heterocycles. The van der Waals surface area contributed by atoms with Crippen LogP contribution in [0.2, 0.25) is 0 Å². The van der Waals surface area contributed by atoms with E-state index in [9.17, 15) is 13.2 Å². The third-order valence-corrected chi connectivity index (χ3v) is 3.49. The van der Waals surface area contributed by atoms with E-state index in [-0.39, 0.29) is 24.5 Å². The summed E-state index contributed by atoms with van der Waals surface area (Å²) in [5, 5.41) is 5.95. The topological polar surface area (TPSA) is 67.8 Å². The molecule has 0 aliphatic heterocycles. The minimum absolute atomic E-state index is 0.0150. The van der Waals surface area contributed by atoms with Crippen LogP contribution in [0.5, 0.6) is 11.5 Å². The lowest BCUT2D eigenvalue weighted by molar-refractivity contribution is -0.0504. The number of guanidine groups is 1. The van der Waals surface area contributed by atoms with Gasteiger partial charge in [-0.1, -0.05) is 0 Å². The van der Waals surface area contributed by atoms with Crippen LogP contribution in [-0.4, -0.2) is 31.2 Å². The van der Waals surface area contributed by atoms with Crippen LogP contribution in [0.25, 0.3) is 0 Å². The van der Waals surface area contributed by atoms with E-state index in [1.54, 1.807) is 6.07 Å². The normalized spacial score (nSPS) is 11.4. The predicted molar refractivity (Wildman–Crippen MR) is 95.5 cm³/mol. The number of pyridine rings is 1. The van der Waals surface area contributed by atoms with Crippen molar-refractivity contribution in [2.45, 2.75) is 26.6 Å². The molecule has 2 aromatic rings. The second-order valence-corrected chi connectivity index (χ2v) is 5.33. The Labute approximate surface area is 155 Å². The van der Waals surface area contributed by atoms with Gasteiger partial charge in [0.2, 0.25) is 0 Å². The highest BCUT2D eigenvalue weighted by Crippen LogP contribution is 2.26. The molecule has 1 aromatic carbocycles. The summed E-state index contributed by atoms with van der Waals surface area (Å²) >= 11 is 0. The molecule has 9 heteroatoms. The SMILES string of the molecule is CCNC(=NCc1cc(OC)ccc1OC(F)F)NCc1ncccc1F. The molecular formula is C18H21F3N4O2. The Balaban J connectivity index is 2.14. The van der Waals surface area contributed by atoms with Crippen LogP contribution in [0.1, 0.15) is 18.2 Å². The minimum atomic E-state index is -2.94. The van der Waals surface area contributed by atoms with Gasteiger partial charge in [-0.2, -0.15) is 8.78 Å². The van der Waals surface area contributed by atoms with Gasteiger partial charge in [0.1, 0.15) is 17.3 Å². The van der Waals surface area contributed by atoms with Crippen LogP contribution >= 0.6 is 0 Å². The van der Waals surface area contributed by atoms with Crippen molar-refractivity contribution in [1.82, 2.24) is 15.6 Å². The number of benzene rings is 1. The van der Waals surface area contributed by atoms with Crippen molar-refractivity contribution in [2.75, 3.05) is 13.7 Å². The number of aliphatic imine (C=N–C) groups is 1. The van der Waals surface area contributed by atoms with E-state index < -0.39 is 12.4 Å². The van der Waals surface area contributed by atoms with Crippen LogP contribution in [0, 0.1) is 5.82 Å². The highest BCUT2D eigenvalue weighted by Gasteiger charge is 2.11. The minimum Gasteiger partial charge on any atom is -0.497 e. The summed E-state index contributed by atoms with van der Waals surface area (Å²) in [7, 11) is 1.48. The summed E-state index contributed by atoms with van der Waals surface area (Å²) < 4.78 is 48.5. The molecule has 0 fully saturated rings. The van der Waals surface area contributed by atoms with Crippen molar-refractivity contribution in [3.63, 3.8) is 0 Å². The van der Waals surface area contributed by atoms with Gasteiger partial charge in [-0.3, -0.25) is 4.98 Å². The van der Waals surface area contributed by atoms with E-state index >= 15 is 0 Å². The smallest absolute Gasteiger partial charge is 0.387 e. The van der Waals surface area contributed by atoms with Crippen molar-refractivity contribution in [3.8, 4) is 11.5 Å². The van der Waals surface area contributed by atoms with Crippen molar-refractivity contribution in [2.24, 2.45) is 4.99 Å². The number of hydrogen-bond acceptors (Lipinski definition) is 4. The molecule has 146 valence electrons. The quantitative estimate of drug-likeness (QED) is 0.543. The molecule has 6 nitrogen and oxygen atoms in total.